The van der Waals surface area contributed by atoms with E-state index in [-0.39, 0.29) is 38.1 Å². The van der Waals surface area contributed by atoms with Crippen molar-refractivity contribution < 1.29 is 19.0 Å². The summed E-state index contributed by atoms with van der Waals surface area (Å²) in [7, 11) is 0. The van der Waals surface area contributed by atoms with Crippen molar-refractivity contribution >= 4 is 5.91 Å². The highest BCUT2D eigenvalue weighted by atomic mass is 19.1. The van der Waals surface area contributed by atoms with Crippen molar-refractivity contribution in [1.29, 1.82) is 0 Å². The second-order valence-electron chi connectivity index (χ2n) is 5.37. The van der Waals surface area contributed by atoms with Crippen molar-refractivity contribution in [3.05, 3.63) is 71.0 Å². The van der Waals surface area contributed by atoms with Gasteiger partial charge in [0.1, 0.15) is 12.4 Å². The number of benzene rings is 2. The molecule has 0 spiro atoms. The largest absolute Gasteiger partial charge is 0.396 e. The van der Waals surface area contributed by atoms with Crippen molar-refractivity contribution in [3.63, 3.8) is 0 Å². The molecule has 130 valence electrons. The molecule has 2 aromatic rings. The van der Waals surface area contributed by atoms with Crippen LogP contribution in [0.4, 0.5) is 4.39 Å². The third kappa shape index (κ3) is 7.17. The Balaban J connectivity index is 1.65. The Bertz CT molecular complexity index is 730. The van der Waals surface area contributed by atoms with Crippen molar-refractivity contribution in [2.24, 2.45) is 0 Å². The highest BCUT2D eigenvalue weighted by Gasteiger charge is 2.00. The number of hydrogen-bond donors (Lipinski definition) is 2. The third-order valence-electron chi connectivity index (χ3n) is 3.38. The SMILES string of the molecule is O=C(COCc1ccc(F)cc1)NCC#Cc1ccc(CCO)cc1. The fourth-order valence-corrected chi connectivity index (χ4v) is 2.07. The quantitative estimate of drug-likeness (QED) is 0.758. The fourth-order valence-electron chi connectivity index (χ4n) is 2.07. The molecule has 4 nitrogen and oxygen atoms in total. The minimum atomic E-state index is -0.303. The highest BCUT2D eigenvalue weighted by Crippen LogP contribution is 2.04. The van der Waals surface area contributed by atoms with Gasteiger partial charge >= 0.3 is 0 Å². The first-order valence-electron chi connectivity index (χ1n) is 7.95. The zero-order valence-electron chi connectivity index (χ0n) is 13.8. The summed E-state index contributed by atoms with van der Waals surface area (Å²) in [6.07, 6.45) is 0.627. The number of nitrogens with one attached hydrogen (secondary N) is 1. The van der Waals surface area contributed by atoms with E-state index in [4.69, 9.17) is 9.84 Å². The number of aliphatic hydroxyl groups excluding tert-OH is 1. The zero-order chi connectivity index (χ0) is 17.9. The summed E-state index contributed by atoms with van der Waals surface area (Å²) in [4.78, 5) is 11.6. The molecular formula is C20H20FNO3. The van der Waals surface area contributed by atoms with E-state index in [1.54, 1.807) is 12.1 Å². The lowest BCUT2D eigenvalue weighted by atomic mass is 10.1. The maximum absolute atomic E-state index is 12.8. The van der Waals surface area contributed by atoms with E-state index in [2.05, 4.69) is 17.2 Å². The summed E-state index contributed by atoms with van der Waals surface area (Å²) in [6, 6.07) is 13.5. The maximum Gasteiger partial charge on any atom is 0.246 e. The van der Waals surface area contributed by atoms with Crippen molar-refractivity contribution in [1.82, 2.24) is 5.32 Å². The van der Waals surface area contributed by atoms with E-state index in [9.17, 15) is 9.18 Å². The number of halogens is 1. The average molecular weight is 341 g/mol. The minimum Gasteiger partial charge on any atom is -0.396 e. The number of rotatable bonds is 7. The van der Waals surface area contributed by atoms with Crippen LogP contribution in [-0.2, 0) is 22.6 Å². The molecule has 0 aliphatic heterocycles. The Morgan fingerprint density at radius 3 is 2.44 bits per heavy atom. The van der Waals surface area contributed by atoms with Crippen molar-refractivity contribution in [3.8, 4) is 11.8 Å². The summed E-state index contributed by atoms with van der Waals surface area (Å²) in [5, 5.41) is 11.5. The first-order valence-corrected chi connectivity index (χ1v) is 7.95. The molecule has 0 saturated heterocycles. The van der Waals surface area contributed by atoms with Gasteiger partial charge in [0.2, 0.25) is 5.91 Å². The summed E-state index contributed by atoms with van der Waals surface area (Å²) in [5.41, 5.74) is 2.71. The van der Waals surface area contributed by atoms with Gasteiger partial charge in [-0.15, -0.1) is 0 Å². The lowest BCUT2D eigenvalue weighted by Gasteiger charge is -2.04. The van der Waals surface area contributed by atoms with Gasteiger partial charge in [-0.3, -0.25) is 4.79 Å². The lowest BCUT2D eigenvalue weighted by molar-refractivity contribution is -0.125. The smallest absolute Gasteiger partial charge is 0.246 e. The normalized spacial score (nSPS) is 10.0. The molecule has 2 rings (SSSR count). The molecule has 0 aliphatic carbocycles. The van der Waals surface area contributed by atoms with E-state index in [0.717, 1.165) is 16.7 Å². The standard InChI is InChI=1S/C20H20FNO3/c21-19-9-7-18(8-10-19)14-25-15-20(24)22-12-1-2-16-3-5-17(6-4-16)11-13-23/h3-10,23H,11-15H2,(H,22,24). The molecule has 0 unspecified atom stereocenters. The number of hydrogen-bond acceptors (Lipinski definition) is 3. The number of aliphatic hydroxyl groups is 1. The Labute approximate surface area is 146 Å². The van der Waals surface area contributed by atoms with Gasteiger partial charge in [0.15, 0.2) is 0 Å². The molecule has 0 aromatic heterocycles. The van der Waals surface area contributed by atoms with Crippen LogP contribution in [0.5, 0.6) is 0 Å². The lowest BCUT2D eigenvalue weighted by Crippen LogP contribution is -2.27. The Kier molecular flexibility index (Phi) is 7.64. The number of carbonyl (C=O) groups excluding carboxylic acids is 1. The van der Waals surface area contributed by atoms with Crippen LogP contribution in [0.3, 0.4) is 0 Å². The Morgan fingerprint density at radius 1 is 1.08 bits per heavy atom. The fraction of sp³-hybridized carbons (Fsp3) is 0.250. The first kappa shape index (κ1) is 18.7. The molecule has 0 fully saturated rings. The van der Waals surface area contributed by atoms with Crippen LogP contribution in [0.15, 0.2) is 48.5 Å². The van der Waals surface area contributed by atoms with Crippen LogP contribution in [0.2, 0.25) is 0 Å². The molecule has 0 heterocycles. The van der Waals surface area contributed by atoms with Crippen LogP contribution in [0.25, 0.3) is 0 Å². The molecule has 25 heavy (non-hydrogen) atoms. The van der Waals surface area contributed by atoms with E-state index >= 15 is 0 Å². The average Bonchev–Trinajstić information content (AvgIpc) is 2.62. The van der Waals surface area contributed by atoms with Gasteiger partial charge in [-0.05, 0) is 41.8 Å². The van der Waals surface area contributed by atoms with Crippen molar-refractivity contribution in [2.45, 2.75) is 13.0 Å². The van der Waals surface area contributed by atoms with Gasteiger partial charge in [0.05, 0.1) is 13.2 Å². The molecule has 1 amide bonds. The van der Waals surface area contributed by atoms with Crippen LogP contribution >= 0.6 is 0 Å². The number of ether oxygens (including phenoxy) is 1. The van der Waals surface area contributed by atoms with Crippen LogP contribution in [-0.4, -0.2) is 30.8 Å². The molecule has 0 saturated carbocycles. The molecule has 0 aliphatic rings. The third-order valence-corrected chi connectivity index (χ3v) is 3.38. The number of carbonyl (C=O) groups is 1. The van der Waals surface area contributed by atoms with Crippen LogP contribution in [0, 0.1) is 17.7 Å². The Hall–Kier alpha value is -2.68. The van der Waals surface area contributed by atoms with E-state index in [1.807, 2.05) is 24.3 Å². The molecule has 0 bridgehead atoms. The van der Waals surface area contributed by atoms with E-state index in [0.29, 0.717) is 6.42 Å². The maximum atomic E-state index is 12.8. The second-order valence-corrected chi connectivity index (χ2v) is 5.37. The van der Waals surface area contributed by atoms with Gasteiger partial charge in [0.25, 0.3) is 0 Å². The number of amides is 1. The molecular weight excluding hydrogens is 321 g/mol. The molecule has 0 atom stereocenters. The zero-order valence-corrected chi connectivity index (χ0v) is 13.8. The highest BCUT2D eigenvalue weighted by molar-refractivity contribution is 5.77. The van der Waals surface area contributed by atoms with Crippen LogP contribution < -0.4 is 5.32 Å². The van der Waals surface area contributed by atoms with Gasteiger partial charge < -0.3 is 15.2 Å². The Morgan fingerprint density at radius 2 is 1.76 bits per heavy atom. The first-order chi connectivity index (χ1) is 12.2. The summed E-state index contributed by atoms with van der Waals surface area (Å²) in [6.45, 7) is 0.534. The van der Waals surface area contributed by atoms with Gasteiger partial charge in [-0.2, -0.15) is 0 Å². The molecule has 5 heteroatoms. The summed E-state index contributed by atoms with van der Waals surface area (Å²) in [5.74, 6) is 5.27. The summed E-state index contributed by atoms with van der Waals surface area (Å²) >= 11 is 0. The van der Waals surface area contributed by atoms with Crippen LogP contribution in [0.1, 0.15) is 16.7 Å². The predicted octanol–water partition coefficient (Wildman–Crippen LogP) is 2.04. The molecule has 0 radical (unpaired) electrons. The van der Waals surface area contributed by atoms with Gasteiger partial charge in [-0.25, -0.2) is 4.39 Å². The summed E-state index contributed by atoms with van der Waals surface area (Å²) < 4.78 is 18.0. The predicted molar refractivity (Wildman–Crippen MR) is 93.2 cm³/mol. The van der Waals surface area contributed by atoms with Gasteiger partial charge in [0, 0.05) is 12.2 Å². The van der Waals surface area contributed by atoms with E-state index < -0.39 is 0 Å². The van der Waals surface area contributed by atoms with E-state index in [1.165, 1.54) is 12.1 Å². The molecule has 2 N–H and O–H groups in total. The topological polar surface area (TPSA) is 58.6 Å². The van der Waals surface area contributed by atoms with Gasteiger partial charge in [-0.1, -0.05) is 36.1 Å². The van der Waals surface area contributed by atoms with Crippen molar-refractivity contribution in [2.75, 3.05) is 19.8 Å². The monoisotopic (exact) mass is 341 g/mol. The molecule has 2 aromatic carbocycles. The second kappa shape index (κ2) is 10.2. The minimum absolute atomic E-state index is 0.0745.